The molecule has 0 unspecified atom stereocenters. The Morgan fingerprint density at radius 2 is 2.00 bits per heavy atom. The van der Waals surface area contributed by atoms with E-state index >= 15 is 0 Å². The second-order valence-electron chi connectivity index (χ2n) is 5.08. The van der Waals surface area contributed by atoms with Gasteiger partial charge >= 0.3 is 0 Å². The molecule has 17 heavy (non-hydrogen) atoms. The van der Waals surface area contributed by atoms with E-state index in [1.165, 1.54) is 32.1 Å². The molecule has 0 amide bonds. The van der Waals surface area contributed by atoms with E-state index < -0.39 is 0 Å². The summed E-state index contributed by atoms with van der Waals surface area (Å²) in [6.45, 7) is 0. The van der Waals surface area contributed by atoms with Crippen LogP contribution in [0.2, 0.25) is 0 Å². The van der Waals surface area contributed by atoms with E-state index in [9.17, 15) is 4.79 Å². The number of allylic oxidation sites excluding steroid dienone is 1. The van der Waals surface area contributed by atoms with Gasteiger partial charge in [0.25, 0.3) is 0 Å². The molecule has 1 aliphatic carbocycles. The standard InChI is InChI=1S/C14H22N2O/c1-16(2)11-13(10-15)14(17)9-8-12-6-4-3-5-7-12/h11-12H,3-9H2,1-2H3/b13-11-. The van der Waals surface area contributed by atoms with Crippen LogP contribution in [0.5, 0.6) is 0 Å². The van der Waals surface area contributed by atoms with Crippen LogP contribution in [-0.4, -0.2) is 24.8 Å². The van der Waals surface area contributed by atoms with E-state index in [1.807, 2.05) is 20.2 Å². The van der Waals surface area contributed by atoms with Crippen LogP contribution in [0.3, 0.4) is 0 Å². The first-order valence-corrected chi connectivity index (χ1v) is 6.45. The minimum absolute atomic E-state index is 0.00762. The van der Waals surface area contributed by atoms with Crippen LogP contribution < -0.4 is 0 Å². The quantitative estimate of drug-likeness (QED) is 0.542. The van der Waals surface area contributed by atoms with Crippen LogP contribution in [0.15, 0.2) is 11.8 Å². The summed E-state index contributed by atoms with van der Waals surface area (Å²) in [6.07, 6.45) is 9.55. The van der Waals surface area contributed by atoms with E-state index in [0.29, 0.717) is 12.3 Å². The molecule has 1 rings (SSSR count). The van der Waals surface area contributed by atoms with Crippen molar-refractivity contribution in [2.75, 3.05) is 14.1 Å². The zero-order valence-corrected chi connectivity index (χ0v) is 10.9. The highest BCUT2D eigenvalue weighted by Crippen LogP contribution is 2.27. The summed E-state index contributed by atoms with van der Waals surface area (Å²) < 4.78 is 0. The molecule has 0 saturated heterocycles. The van der Waals surface area contributed by atoms with Crippen LogP contribution in [0.4, 0.5) is 0 Å². The van der Waals surface area contributed by atoms with Gasteiger partial charge in [-0.2, -0.15) is 5.26 Å². The predicted octanol–water partition coefficient (Wildman–Crippen LogP) is 2.89. The van der Waals surface area contributed by atoms with Crippen LogP contribution in [-0.2, 0) is 4.79 Å². The maximum Gasteiger partial charge on any atom is 0.174 e. The molecule has 1 saturated carbocycles. The van der Waals surface area contributed by atoms with E-state index in [-0.39, 0.29) is 11.4 Å². The largest absolute Gasteiger partial charge is 0.382 e. The highest BCUT2D eigenvalue weighted by molar-refractivity contribution is 5.98. The smallest absolute Gasteiger partial charge is 0.174 e. The molecule has 0 bridgehead atoms. The minimum Gasteiger partial charge on any atom is -0.382 e. The van der Waals surface area contributed by atoms with Crippen molar-refractivity contribution in [1.29, 1.82) is 5.26 Å². The van der Waals surface area contributed by atoms with Crippen molar-refractivity contribution in [3.8, 4) is 6.07 Å². The molecule has 3 heteroatoms. The molecule has 94 valence electrons. The van der Waals surface area contributed by atoms with Gasteiger partial charge in [-0.05, 0) is 12.3 Å². The van der Waals surface area contributed by atoms with Crippen molar-refractivity contribution in [1.82, 2.24) is 4.90 Å². The Labute approximate surface area is 104 Å². The minimum atomic E-state index is -0.00762. The Morgan fingerprint density at radius 3 is 2.53 bits per heavy atom. The van der Waals surface area contributed by atoms with Crippen molar-refractivity contribution in [2.45, 2.75) is 44.9 Å². The molecular weight excluding hydrogens is 212 g/mol. The number of Topliss-reactive ketones (excluding diaryl/α,β-unsaturated/α-hetero) is 1. The highest BCUT2D eigenvalue weighted by Gasteiger charge is 2.16. The summed E-state index contributed by atoms with van der Waals surface area (Å²) in [5, 5.41) is 8.92. The van der Waals surface area contributed by atoms with Crippen molar-refractivity contribution in [3.63, 3.8) is 0 Å². The fraction of sp³-hybridized carbons (Fsp3) is 0.714. The molecule has 0 N–H and O–H groups in total. The van der Waals surface area contributed by atoms with Gasteiger partial charge in [-0.25, -0.2) is 0 Å². The third-order valence-corrected chi connectivity index (χ3v) is 3.31. The number of hydrogen-bond acceptors (Lipinski definition) is 3. The van der Waals surface area contributed by atoms with Crippen LogP contribution in [0.25, 0.3) is 0 Å². The van der Waals surface area contributed by atoms with E-state index in [0.717, 1.165) is 6.42 Å². The Morgan fingerprint density at radius 1 is 1.35 bits per heavy atom. The first kappa shape index (κ1) is 13.8. The van der Waals surface area contributed by atoms with Gasteiger partial charge in [-0.3, -0.25) is 4.79 Å². The summed E-state index contributed by atoms with van der Waals surface area (Å²) in [4.78, 5) is 13.6. The number of ketones is 1. The molecular formula is C14H22N2O. The van der Waals surface area contributed by atoms with Gasteiger partial charge in [-0.1, -0.05) is 32.1 Å². The predicted molar refractivity (Wildman–Crippen MR) is 68.2 cm³/mol. The molecule has 1 fully saturated rings. The third kappa shape index (κ3) is 5.04. The Kier molecular flexibility index (Phi) is 5.76. The number of hydrogen-bond donors (Lipinski definition) is 0. The maximum absolute atomic E-state index is 11.8. The zero-order chi connectivity index (χ0) is 12.7. The Hall–Kier alpha value is -1.30. The van der Waals surface area contributed by atoms with Gasteiger partial charge in [0.1, 0.15) is 11.6 Å². The summed E-state index contributed by atoms with van der Waals surface area (Å²) in [6, 6.07) is 1.99. The third-order valence-electron chi connectivity index (χ3n) is 3.31. The molecule has 0 aliphatic heterocycles. The van der Waals surface area contributed by atoms with Crippen molar-refractivity contribution < 1.29 is 4.79 Å². The number of rotatable bonds is 5. The molecule has 0 spiro atoms. The highest BCUT2D eigenvalue weighted by atomic mass is 16.1. The molecule has 0 heterocycles. The van der Waals surface area contributed by atoms with Crippen LogP contribution in [0.1, 0.15) is 44.9 Å². The lowest BCUT2D eigenvalue weighted by molar-refractivity contribution is -0.115. The SMILES string of the molecule is CN(C)/C=C(/C#N)C(=O)CCC1CCCCC1. The molecule has 0 atom stereocenters. The fourth-order valence-corrected chi connectivity index (χ4v) is 2.37. The Bertz CT molecular complexity index is 320. The topological polar surface area (TPSA) is 44.1 Å². The maximum atomic E-state index is 11.8. The van der Waals surface area contributed by atoms with Crippen molar-refractivity contribution >= 4 is 5.78 Å². The lowest BCUT2D eigenvalue weighted by Gasteiger charge is -2.20. The summed E-state index contributed by atoms with van der Waals surface area (Å²) in [5.74, 6) is 0.693. The van der Waals surface area contributed by atoms with E-state index in [4.69, 9.17) is 5.26 Å². The molecule has 3 nitrogen and oxygen atoms in total. The average molecular weight is 234 g/mol. The first-order valence-electron chi connectivity index (χ1n) is 6.45. The van der Waals surface area contributed by atoms with Gasteiger partial charge in [-0.15, -0.1) is 0 Å². The summed E-state index contributed by atoms with van der Waals surface area (Å²) >= 11 is 0. The lowest BCUT2D eigenvalue weighted by atomic mass is 9.85. The second kappa shape index (κ2) is 7.11. The monoisotopic (exact) mass is 234 g/mol. The van der Waals surface area contributed by atoms with Gasteiger partial charge < -0.3 is 4.90 Å². The van der Waals surface area contributed by atoms with Gasteiger partial charge in [0.15, 0.2) is 5.78 Å². The molecule has 0 radical (unpaired) electrons. The number of nitrogens with zero attached hydrogens (tertiary/aromatic N) is 2. The first-order chi connectivity index (χ1) is 8.13. The molecule has 0 aromatic heterocycles. The molecule has 0 aromatic rings. The van der Waals surface area contributed by atoms with Crippen molar-refractivity contribution in [3.05, 3.63) is 11.8 Å². The number of nitriles is 1. The van der Waals surface area contributed by atoms with Crippen molar-refractivity contribution in [2.24, 2.45) is 5.92 Å². The van der Waals surface area contributed by atoms with Crippen LogP contribution >= 0.6 is 0 Å². The van der Waals surface area contributed by atoms with Gasteiger partial charge in [0.05, 0.1) is 0 Å². The van der Waals surface area contributed by atoms with Gasteiger partial charge in [0.2, 0.25) is 0 Å². The average Bonchev–Trinajstić information content (AvgIpc) is 2.34. The lowest BCUT2D eigenvalue weighted by Crippen LogP contribution is -2.12. The normalized spacial score (nSPS) is 17.6. The zero-order valence-electron chi connectivity index (χ0n) is 10.9. The molecule has 0 aromatic carbocycles. The summed E-state index contributed by atoms with van der Waals surface area (Å²) in [5.41, 5.74) is 0.283. The Balaban J connectivity index is 2.40. The second-order valence-corrected chi connectivity index (χ2v) is 5.08. The van der Waals surface area contributed by atoms with Gasteiger partial charge in [0, 0.05) is 26.7 Å². The number of carbonyl (C=O) groups excluding carboxylic acids is 1. The van der Waals surface area contributed by atoms with E-state index in [2.05, 4.69) is 0 Å². The number of carbonyl (C=O) groups is 1. The summed E-state index contributed by atoms with van der Waals surface area (Å²) in [7, 11) is 3.65. The fourth-order valence-electron chi connectivity index (χ4n) is 2.37. The molecule has 1 aliphatic rings. The van der Waals surface area contributed by atoms with Crippen LogP contribution in [0, 0.1) is 17.2 Å². The van der Waals surface area contributed by atoms with E-state index in [1.54, 1.807) is 11.1 Å².